The topological polar surface area (TPSA) is 61.7 Å². The summed E-state index contributed by atoms with van der Waals surface area (Å²) in [5.74, 6) is 1.71. The lowest BCUT2D eigenvalue weighted by Crippen LogP contribution is -2.06. The summed E-state index contributed by atoms with van der Waals surface area (Å²) in [6.45, 7) is 0. The molecule has 6 nitrogen and oxygen atoms in total. The average Bonchev–Trinajstić information content (AvgIpc) is 4.07. The Morgan fingerprint density at radius 2 is 0.739 bits per heavy atom. The maximum absolute atomic E-state index is 6.34. The van der Waals surface area contributed by atoms with E-state index in [4.69, 9.17) is 19.4 Å². The summed E-state index contributed by atoms with van der Waals surface area (Å²) >= 11 is 0. The zero-order valence-corrected chi connectivity index (χ0v) is 37.0. The Hall–Kier alpha value is -9.39. The van der Waals surface area contributed by atoms with Crippen molar-refractivity contribution in [2.45, 2.75) is 0 Å². The van der Waals surface area contributed by atoms with Crippen LogP contribution < -0.4 is 0 Å². The lowest BCUT2D eigenvalue weighted by atomic mass is 9.92. The second-order valence-electron chi connectivity index (χ2n) is 17.9. The molecule has 11 aromatic carbocycles. The van der Waals surface area contributed by atoms with E-state index in [2.05, 4.69) is 179 Å². The Morgan fingerprint density at radius 3 is 1.42 bits per heavy atom. The van der Waals surface area contributed by atoms with Crippen LogP contribution in [0.15, 0.2) is 229 Å². The summed E-state index contributed by atoms with van der Waals surface area (Å²) in [6.07, 6.45) is 0. The second-order valence-corrected chi connectivity index (χ2v) is 17.9. The number of aromatic nitrogens is 5. The minimum atomic E-state index is 0.545. The summed E-state index contributed by atoms with van der Waals surface area (Å²) in [5, 5.41) is 14.4. The van der Waals surface area contributed by atoms with Crippen LogP contribution in [0.2, 0.25) is 0 Å². The largest absolute Gasteiger partial charge is 0.456 e. The third kappa shape index (κ3) is 5.69. The lowest BCUT2D eigenvalue weighted by molar-refractivity contribution is 0.669. The van der Waals surface area contributed by atoms with Crippen LogP contribution in [0.3, 0.4) is 0 Å². The van der Waals surface area contributed by atoms with Crippen LogP contribution in [0.4, 0.5) is 0 Å². The fraction of sp³-hybridized carbons (Fsp3) is 0. The van der Waals surface area contributed by atoms with Crippen molar-refractivity contribution in [3.63, 3.8) is 0 Å². The first-order valence-electron chi connectivity index (χ1n) is 23.3. The SMILES string of the molecule is c1ccc(-c2nc(-c3ccc4c(c3)oc3ccccc34)nc(-n3c4ccccc4c4cc5c(cc43)c3ccccc3n5-c3ccc(-c4ccc5c6ccccc6c6ccccc6c5c4)cc3)n2)cc1. The predicted octanol–water partition coefficient (Wildman–Crippen LogP) is 16.4. The number of para-hydroxylation sites is 3. The van der Waals surface area contributed by atoms with Gasteiger partial charge in [-0.1, -0.05) is 164 Å². The van der Waals surface area contributed by atoms with Gasteiger partial charge in [0.15, 0.2) is 11.6 Å². The number of nitrogens with zero attached hydrogens (tertiary/aromatic N) is 5. The van der Waals surface area contributed by atoms with Gasteiger partial charge in [0.05, 0.1) is 22.1 Å². The van der Waals surface area contributed by atoms with Gasteiger partial charge in [0.1, 0.15) is 11.2 Å². The highest BCUT2D eigenvalue weighted by Crippen LogP contribution is 2.42. The zero-order chi connectivity index (χ0) is 45.2. The number of furan rings is 1. The summed E-state index contributed by atoms with van der Waals surface area (Å²) in [6, 6.07) is 80.0. The monoisotopic (exact) mass is 879 g/mol. The molecular formula is C63H37N5O. The van der Waals surface area contributed by atoms with Crippen molar-refractivity contribution in [1.29, 1.82) is 0 Å². The molecule has 0 bridgehead atoms. The number of hydrogen-bond acceptors (Lipinski definition) is 4. The van der Waals surface area contributed by atoms with Gasteiger partial charge in [0, 0.05) is 49.1 Å². The van der Waals surface area contributed by atoms with Gasteiger partial charge in [-0.05, 0) is 104 Å². The maximum atomic E-state index is 6.34. The Kier molecular flexibility index (Phi) is 7.97. The van der Waals surface area contributed by atoms with Crippen molar-refractivity contribution >= 4 is 97.9 Å². The van der Waals surface area contributed by atoms with Crippen LogP contribution in [-0.4, -0.2) is 24.1 Å². The molecule has 0 aliphatic rings. The van der Waals surface area contributed by atoms with Crippen LogP contribution in [0.25, 0.3) is 143 Å². The van der Waals surface area contributed by atoms with E-state index in [1.807, 2.05) is 54.6 Å². The summed E-state index contributed by atoms with van der Waals surface area (Å²) in [7, 11) is 0. The first-order chi connectivity index (χ1) is 34.2. The molecule has 0 aliphatic carbocycles. The van der Waals surface area contributed by atoms with Gasteiger partial charge in [-0.3, -0.25) is 4.57 Å². The van der Waals surface area contributed by atoms with Gasteiger partial charge < -0.3 is 8.98 Å². The minimum Gasteiger partial charge on any atom is -0.456 e. The molecule has 69 heavy (non-hydrogen) atoms. The van der Waals surface area contributed by atoms with E-state index < -0.39 is 0 Å². The van der Waals surface area contributed by atoms with E-state index in [9.17, 15) is 0 Å². The van der Waals surface area contributed by atoms with Gasteiger partial charge in [-0.25, -0.2) is 4.98 Å². The van der Waals surface area contributed by atoms with E-state index in [0.717, 1.165) is 77.0 Å². The molecule has 0 radical (unpaired) electrons. The molecule has 0 unspecified atom stereocenters. The minimum absolute atomic E-state index is 0.545. The number of benzene rings is 11. The van der Waals surface area contributed by atoms with Crippen molar-refractivity contribution in [3.05, 3.63) is 224 Å². The molecular weight excluding hydrogens is 843 g/mol. The van der Waals surface area contributed by atoms with Crippen molar-refractivity contribution < 1.29 is 4.42 Å². The van der Waals surface area contributed by atoms with Crippen LogP contribution in [0.5, 0.6) is 0 Å². The fourth-order valence-corrected chi connectivity index (χ4v) is 11.0. The van der Waals surface area contributed by atoms with Crippen molar-refractivity contribution in [1.82, 2.24) is 24.1 Å². The molecule has 6 heteroatoms. The predicted molar refractivity (Wildman–Crippen MR) is 285 cm³/mol. The molecule has 320 valence electrons. The molecule has 0 saturated carbocycles. The summed E-state index contributed by atoms with van der Waals surface area (Å²) in [5.41, 5.74) is 11.2. The normalized spacial score (nSPS) is 12.1. The highest BCUT2D eigenvalue weighted by atomic mass is 16.3. The molecule has 0 saturated heterocycles. The standard InChI is InChI=1S/C63H37N5O/c1-2-14-39(15-3-1)61-64-62(41-29-33-51-50-22-10-13-25-59(50)69-60(51)35-41)66-63(65-61)68-56-24-12-9-21-49(56)54-36-57-53(37-58(54)68)48-20-8-11-23-55(48)67(57)42-30-26-38(27-31-42)40-28-32-47-45-18-5-4-16-43(45)44-17-6-7-19-46(44)52(47)34-40/h1-37H. The molecule has 0 spiro atoms. The fourth-order valence-electron chi connectivity index (χ4n) is 11.0. The molecule has 15 rings (SSSR count). The van der Waals surface area contributed by atoms with E-state index in [0.29, 0.717) is 17.6 Å². The number of rotatable bonds is 5. The molecule has 0 aliphatic heterocycles. The van der Waals surface area contributed by atoms with Gasteiger partial charge in [-0.15, -0.1) is 0 Å². The highest BCUT2D eigenvalue weighted by Gasteiger charge is 2.22. The van der Waals surface area contributed by atoms with Crippen molar-refractivity contribution in [2.24, 2.45) is 0 Å². The van der Waals surface area contributed by atoms with Crippen molar-refractivity contribution in [2.75, 3.05) is 0 Å². The molecule has 0 N–H and O–H groups in total. The maximum Gasteiger partial charge on any atom is 0.238 e. The van der Waals surface area contributed by atoms with E-state index in [1.165, 1.54) is 48.8 Å². The number of hydrogen-bond donors (Lipinski definition) is 0. The Labute approximate surface area is 394 Å². The summed E-state index contributed by atoms with van der Waals surface area (Å²) < 4.78 is 11.0. The quantitative estimate of drug-likeness (QED) is 0.162. The van der Waals surface area contributed by atoms with Crippen LogP contribution in [0.1, 0.15) is 0 Å². The van der Waals surface area contributed by atoms with Crippen LogP contribution in [0, 0.1) is 0 Å². The van der Waals surface area contributed by atoms with E-state index in [-0.39, 0.29) is 0 Å². The van der Waals surface area contributed by atoms with Gasteiger partial charge in [-0.2, -0.15) is 9.97 Å². The molecule has 4 aromatic heterocycles. The molecule has 4 heterocycles. The van der Waals surface area contributed by atoms with Gasteiger partial charge in [0.2, 0.25) is 5.95 Å². The van der Waals surface area contributed by atoms with Crippen LogP contribution in [-0.2, 0) is 0 Å². The number of fused-ring (bicyclic) bond motifs is 15. The van der Waals surface area contributed by atoms with Crippen molar-refractivity contribution in [3.8, 4) is 45.5 Å². The molecule has 0 fully saturated rings. The van der Waals surface area contributed by atoms with Gasteiger partial charge in [0.25, 0.3) is 0 Å². The third-order valence-corrected chi connectivity index (χ3v) is 14.2. The molecule has 15 aromatic rings. The Bertz CT molecular complexity index is 4560. The Balaban J connectivity index is 0.905. The first-order valence-corrected chi connectivity index (χ1v) is 23.3. The Morgan fingerprint density at radius 1 is 0.261 bits per heavy atom. The first kappa shape index (κ1) is 37.8. The molecule has 0 amide bonds. The van der Waals surface area contributed by atoms with Gasteiger partial charge >= 0.3 is 0 Å². The lowest BCUT2D eigenvalue weighted by Gasteiger charge is -2.13. The van der Waals surface area contributed by atoms with E-state index >= 15 is 0 Å². The highest BCUT2D eigenvalue weighted by molar-refractivity contribution is 6.26. The second kappa shape index (κ2) is 14.6. The molecule has 0 atom stereocenters. The van der Waals surface area contributed by atoms with E-state index in [1.54, 1.807) is 0 Å². The third-order valence-electron chi connectivity index (χ3n) is 14.2. The van der Waals surface area contributed by atoms with Crippen LogP contribution >= 0.6 is 0 Å². The smallest absolute Gasteiger partial charge is 0.238 e. The average molecular weight is 880 g/mol. The summed E-state index contributed by atoms with van der Waals surface area (Å²) in [4.78, 5) is 15.7. The zero-order valence-electron chi connectivity index (χ0n) is 37.0.